The zero-order chi connectivity index (χ0) is 14.8. The highest BCUT2D eigenvalue weighted by molar-refractivity contribution is 5.82. The number of fused-ring (bicyclic) bond motifs is 3. The van der Waals surface area contributed by atoms with Gasteiger partial charge in [-0.1, -0.05) is 42.5 Å². The Morgan fingerprint density at radius 1 is 1.00 bits per heavy atom. The smallest absolute Gasteiger partial charge is 0.227 e. The molecule has 0 unspecified atom stereocenters. The van der Waals surface area contributed by atoms with Crippen LogP contribution >= 0.6 is 0 Å². The molecule has 0 bridgehead atoms. The summed E-state index contributed by atoms with van der Waals surface area (Å²) in [6.45, 7) is 0. The van der Waals surface area contributed by atoms with Crippen LogP contribution in [-0.4, -0.2) is 15.8 Å². The zero-order valence-electron chi connectivity index (χ0n) is 11.7. The van der Waals surface area contributed by atoms with Crippen molar-refractivity contribution in [2.75, 3.05) is 5.43 Å². The van der Waals surface area contributed by atoms with Gasteiger partial charge >= 0.3 is 0 Å². The predicted molar refractivity (Wildman–Crippen MR) is 87.9 cm³/mol. The number of hydrazine groups is 1. The Labute approximate surface area is 127 Å². The monoisotopic (exact) mass is 290 g/mol. The summed E-state index contributed by atoms with van der Waals surface area (Å²) >= 11 is 0. The molecule has 4 rings (SSSR count). The summed E-state index contributed by atoms with van der Waals surface area (Å²) in [7, 11) is 0. The second-order valence-corrected chi connectivity index (χ2v) is 4.87. The summed E-state index contributed by atoms with van der Waals surface area (Å²) in [6.07, 6.45) is 3.69. The van der Waals surface area contributed by atoms with Crippen LogP contribution in [-0.2, 0) is 0 Å². The van der Waals surface area contributed by atoms with Crippen molar-refractivity contribution in [3.8, 4) is 0 Å². The van der Waals surface area contributed by atoms with E-state index in [1.807, 2.05) is 65.4 Å². The molecule has 2 aromatic carbocycles. The lowest BCUT2D eigenvalue weighted by Crippen LogP contribution is -2.32. The van der Waals surface area contributed by atoms with Crippen LogP contribution in [0.3, 0.4) is 0 Å². The first-order valence-electron chi connectivity index (χ1n) is 6.95. The number of para-hydroxylation sites is 2. The summed E-state index contributed by atoms with van der Waals surface area (Å²) in [6, 6.07) is 17.9. The number of hydrogen-bond acceptors (Lipinski definition) is 5. The van der Waals surface area contributed by atoms with Crippen LogP contribution in [0, 0.1) is 0 Å². The number of anilines is 1. The molecule has 0 aliphatic carbocycles. The molecular formula is C16H14N6. The fourth-order valence-electron chi connectivity index (χ4n) is 2.32. The van der Waals surface area contributed by atoms with Crippen molar-refractivity contribution >= 4 is 29.4 Å². The lowest BCUT2D eigenvalue weighted by Gasteiger charge is -2.18. The predicted octanol–water partition coefficient (Wildman–Crippen LogP) is 2.35. The van der Waals surface area contributed by atoms with Crippen LogP contribution in [0.5, 0.6) is 0 Å². The van der Waals surface area contributed by atoms with Gasteiger partial charge < -0.3 is 0 Å². The van der Waals surface area contributed by atoms with Gasteiger partial charge in [0.2, 0.25) is 5.95 Å². The van der Waals surface area contributed by atoms with Crippen LogP contribution in [0.1, 0.15) is 5.56 Å². The minimum atomic E-state index is 0.739. The Balaban J connectivity index is 1.58. The van der Waals surface area contributed by atoms with Gasteiger partial charge in [-0.2, -0.15) is 5.10 Å². The van der Waals surface area contributed by atoms with E-state index in [0.717, 1.165) is 28.4 Å². The maximum atomic E-state index is 4.49. The van der Waals surface area contributed by atoms with Gasteiger partial charge in [-0.15, -0.1) is 0 Å². The molecule has 3 aromatic rings. The Kier molecular flexibility index (Phi) is 2.97. The van der Waals surface area contributed by atoms with Gasteiger partial charge in [0.25, 0.3) is 0 Å². The van der Waals surface area contributed by atoms with Gasteiger partial charge in [0.05, 0.1) is 23.4 Å². The van der Waals surface area contributed by atoms with Gasteiger partial charge in [0.1, 0.15) is 0 Å². The van der Waals surface area contributed by atoms with E-state index in [1.54, 1.807) is 6.21 Å². The molecule has 1 aliphatic rings. The van der Waals surface area contributed by atoms with Crippen LogP contribution in [0.15, 0.2) is 65.5 Å². The van der Waals surface area contributed by atoms with Crippen molar-refractivity contribution in [1.82, 2.24) is 20.4 Å². The number of rotatable bonds is 3. The molecule has 0 fully saturated rings. The van der Waals surface area contributed by atoms with Gasteiger partial charge in [0.15, 0.2) is 5.82 Å². The minimum Gasteiger partial charge on any atom is -0.281 e. The van der Waals surface area contributed by atoms with E-state index >= 15 is 0 Å². The maximum Gasteiger partial charge on any atom is 0.227 e. The molecule has 108 valence electrons. The van der Waals surface area contributed by atoms with Crippen LogP contribution in [0.2, 0.25) is 0 Å². The summed E-state index contributed by atoms with van der Waals surface area (Å²) < 4.78 is 1.98. The quantitative estimate of drug-likeness (QED) is 0.512. The van der Waals surface area contributed by atoms with Crippen molar-refractivity contribution in [3.05, 3.63) is 66.0 Å². The van der Waals surface area contributed by atoms with Crippen molar-refractivity contribution in [1.29, 1.82) is 0 Å². The lowest BCUT2D eigenvalue weighted by molar-refractivity contribution is 0.753. The highest BCUT2D eigenvalue weighted by Crippen LogP contribution is 2.21. The third kappa shape index (κ3) is 2.26. The fraction of sp³-hybridized carbons (Fsp3) is 0. The Bertz CT molecular complexity index is 863. The largest absolute Gasteiger partial charge is 0.281 e. The van der Waals surface area contributed by atoms with Gasteiger partial charge in [-0.05, 0) is 17.7 Å². The molecule has 6 nitrogen and oxygen atoms in total. The third-order valence-electron chi connectivity index (χ3n) is 3.36. The highest BCUT2D eigenvalue weighted by atomic mass is 15.5. The number of imidazole rings is 1. The van der Waals surface area contributed by atoms with Crippen molar-refractivity contribution in [3.63, 3.8) is 0 Å². The molecule has 3 N–H and O–H groups in total. The molecule has 22 heavy (non-hydrogen) atoms. The molecule has 0 radical (unpaired) electrons. The molecule has 0 amide bonds. The third-order valence-corrected chi connectivity index (χ3v) is 3.36. The topological polar surface area (TPSA) is 66.3 Å². The number of hydrogen-bond donors (Lipinski definition) is 3. The van der Waals surface area contributed by atoms with Crippen LogP contribution < -0.4 is 16.3 Å². The molecule has 1 aromatic heterocycles. The summed E-state index contributed by atoms with van der Waals surface area (Å²) in [4.78, 5) is 4.49. The standard InChI is InChI=1S/C16H14N6/c1-2-6-12(7-3-1)10-17-19-15-11-22-14-9-5-4-8-13(14)18-16(22)21-20-15/h1-11,19-20H,(H,18,21)/b17-10-. The lowest BCUT2D eigenvalue weighted by atomic mass is 10.2. The first-order valence-corrected chi connectivity index (χ1v) is 6.95. The Morgan fingerprint density at radius 3 is 2.73 bits per heavy atom. The SMILES string of the molecule is C1=C(N/N=C\c2ccccc2)NNc2nc3ccccc3n21. The number of hydrazone groups is 1. The van der Waals surface area contributed by atoms with Gasteiger partial charge in [0, 0.05) is 0 Å². The highest BCUT2D eigenvalue weighted by Gasteiger charge is 2.13. The van der Waals surface area contributed by atoms with Gasteiger partial charge in [-0.25, -0.2) is 4.98 Å². The molecule has 0 spiro atoms. The average Bonchev–Trinajstić information content (AvgIpc) is 2.94. The summed E-state index contributed by atoms with van der Waals surface area (Å²) in [5, 5.41) is 4.22. The second kappa shape index (κ2) is 5.25. The minimum absolute atomic E-state index is 0.739. The van der Waals surface area contributed by atoms with E-state index in [-0.39, 0.29) is 0 Å². The van der Waals surface area contributed by atoms with Gasteiger partial charge in [-0.3, -0.25) is 20.8 Å². The normalized spacial score (nSPS) is 13.4. The van der Waals surface area contributed by atoms with Crippen molar-refractivity contribution in [2.45, 2.75) is 0 Å². The number of nitrogens with one attached hydrogen (secondary N) is 3. The van der Waals surface area contributed by atoms with E-state index in [1.165, 1.54) is 0 Å². The first-order chi connectivity index (χ1) is 10.9. The molecule has 0 saturated carbocycles. The van der Waals surface area contributed by atoms with Crippen LogP contribution in [0.4, 0.5) is 5.95 Å². The number of benzene rings is 2. The molecular weight excluding hydrogens is 276 g/mol. The summed E-state index contributed by atoms with van der Waals surface area (Å²) in [5.41, 5.74) is 12.1. The number of aromatic nitrogens is 2. The van der Waals surface area contributed by atoms with E-state index in [0.29, 0.717) is 0 Å². The van der Waals surface area contributed by atoms with Crippen LogP contribution in [0.25, 0.3) is 17.2 Å². The maximum absolute atomic E-state index is 4.49. The summed E-state index contributed by atoms with van der Waals surface area (Å²) in [5.74, 6) is 1.49. The molecule has 2 heterocycles. The molecule has 0 atom stereocenters. The molecule has 1 aliphatic heterocycles. The molecule has 0 saturated heterocycles. The van der Waals surface area contributed by atoms with E-state index in [2.05, 4.69) is 26.4 Å². The Hall–Kier alpha value is -3.28. The first kappa shape index (κ1) is 12.5. The zero-order valence-corrected chi connectivity index (χ0v) is 11.7. The van der Waals surface area contributed by atoms with E-state index < -0.39 is 0 Å². The molecule has 6 heteroatoms. The van der Waals surface area contributed by atoms with Crippen molar-refractivity contribution in [2.24, 2.45) is 5.10 Å². The Morgan fingerprint density at radius 2 is 1.82 bits per heavy atom. The second-order valence-electron chi connectivity index (χ2n) is 4.87. The van der Waals surface area contributed by atoms with E-state index in [4.69, 9.17) is 0 Å². The van der Waals surface area contributed by atoms with E-state index in [9.17, 15) is 0 Å². The average molecular weight is 290 g/mol. The fourth-order valence-corrected chi connectivity index (χ4v) is 2.32. The number of nitrogens with zero attached hydrogens (tertiary/aromatic N) is 3. The van der Waals surface area contributed by atoms with Crippen molar-refractivity contribution < 1.29 is 0 Å².